The standard InChI is InChI=1S/C27H26ClN3O4/c1-3-5-17-13-18(24-21-10-9-19(28)14-22(21)30-31-24)8-11-23(17)34-20-7-4-6-16(12-20)15-27(2)25(32)29-26(33)35-27/h4,6-14,21-22,30H,3,5,15H2,1-2H3,(H,29,32,33)/t21?,22?,27-/m1/s1. The lowest BCUT2D eigenvalue weighted by Gasteiger charge is -2.20. The molecule has 0 radical (unpaired) electrons. The Hall–Kier alpha value is -3.58. The summed E-state index contributed by atoms with van der Waals surface area (Å²) in [6.45, 7) is 3.74. The van der Waals surface area contributed by atoms with E-state index in [1.165, 1.54) is 0 Å². The Morgan fingerprint density at radius 1 is 1.20 bits per heavy atom. The molecule has 2 heterocycles. The number of aryl methyl sites for hydroxylation is 1. The van der Waals surface area contributed by atoms with Crippen molar-refractivity contribution in [2.75, 3.05) is 0 Å². The van der Waals surface area contributed by atoms with Crippen LogP contribution in [0.1, 0.15) is 37.0 Å². The highest BCUT2D eigenvalue weighted by molar-refractivity contribution is 6.31. The number of carbonyl (C=O) groups is 2. The summed E-state index contributed by atoms with van der Waals surface area (Å²) in [6.07, 6.45) is 7.34. The number of hydrogen-bond donors (Lipinski definition) is 2. The fourth-order valence-electron chi connectivity index (χ4n) is 4.66. The van der Waals surface area contributed by atoms with Crippen molar-refractivity contribution in [3.8, 4) is 11.5 Å². The third kappa shape index (κ3) is 4.68. The lowest BCUT2D eigenvalue weighted by atomic mass is 9.88. The number of alkyl carbamates (subject to hydrolysis) is 1. The Kier molecular flexibility index (Phi) is 6.11. The number of carbonyl (C=O) groups excluding carboxylic acids is 2. The van der Waals surface area contributed by atoms with Gasteiger partial charge in [0, 0.05) is 17.4 Å². The molecule has 2 aromatic carbocycles. The molecule has 0 bridgehead atoms. The SMILES string of the molecule is CCCc1cc(C2=NNC3C=C(Cl)C=CC23)ccc1Oc1cccc(C[C@@]2(C)OC(=O)NC2=O)c1. The monoisotopic (exact) mass is 491 g/mol. The second-order valence-electron chi connectivity index (χ2n) is 9.16. The van der Waals surface area contributed by atoms with Gasteiger partial charge in [-0.15, -0.1) is 0 Å². The minimum atomic E-state index is -1.23. The molecule has 7 nitrogen and oxygen atoms in total. The van der Waals surface area contributed by atoms with Crippen LogP contribution in [0.4, 0.5) is 4.79 Å². The molecule has 2 unspecified atom stereocenters. The van der Waals surface area contributed by atoms with Crippen LogP contribution in [-0.2, 0) is 22.4 Å². The Labute approximate surface area is 208 Å². The van der Waals surface area contributed by atoms with Gasteiger partial charge in [-0.1, -0.05) is 43.2 Å². The number of amides is 2. The molecule has 2 aromatic rings. The molecule has 1 saturated heterocycles. The Balaban J connectivity index is 1.36. The molecule has 5 rings (SSSR count). The van der Waals surface area contributed by atoms with E-state index in [1.54, 1.807) is 6.92 Å². The number of fused-ring (bicyclic) bond motifs is 1. The number of hydrogen-bond acceptors (Lipinski definition) is 6. The highest BCUT2D eigenvalue weighted by Gasteiger charge is 2.44. The van der Waals surface area contributed by atoms with Crippen LogP contribution in [0.5, 0.6) is 11.5 Å². The third-order valence-corrected chi connectivity index (χ3v) is 6.65. The summed E-state index contributed by atoms with van der Waals surface area (Å²) in [6, 6.07) is 13.7. The van der Waals surface area contributed by atoms with E-state index < -0.39 is 17.6 Å². The summed E-state index contributed by atoms with van der Waals surface area (Å²) < 4.78 is 11.5. The van der Waals surface area contributed by atoms with Gasteiger partial charge < -0.3 is 14.9 Å². The number of allylic oxidation sites excluding steroid dienone is 2. The number of hydrazone groups is 1. The molecule has 2 N–H and O–H groups in total. The van der Waals surface area contributed by atoms with Gasteiger partial charge in [0.25, 0.3) is 5.91 Å². The van der Waals surface area contributed by atoms with Crippen LogP contribution < -0.4 is 15.5 Å². The van der Waals surface area contributed by atoms with Crippen LogP contribution in [0.15, 0.2) is 70.8 Å². The van der Waals surface area contributed by atoms with Crippen LogP contribution >= 0.6 is 11.6 Å². The number of benzene rings is 2. The van der Waals surface area contributed by atoms with Gasteiger partial charge in [0.1, 0.15) is 11.5 Å². The Morgan fingerprint density at radius 2 is 2.06 bits per heavy atom. The van der Waals surface area contributed by atoms with Crippen LogP contribution in [0, 0.1) is 5.92 Å². The molecular weight excluding hydrogens is 466 g/mol. The van der Waals surface area contributed by atoms with E-state index in [-0.39, 0.29) is 18.4 Å². The topological polar surface area (TPSA) is 89.0 Å². The fraction of sp³-hybridized carbons (Fsp3) is 0.296. The number of imide groups is 1. The van der Waals surface area contributed by atoms with Gasteiger partial charge in [-0.3, -0.25) is 10.1 Å². The van der Waals surface area contributed by atoms with E-state index in [2.05, 4.69) is 34.9 Å². The highest BCUT2D eigenvalue weighted by atomic mass is 35.5. The molecule has 180 valence electrons. The summed E-state index contributed by atoms with van der Waals surface area (Å²) in [4.78, 5) is 23.6. The highest BCUT2D eigenvalue weighted by Crippen LogP contribution is 2.33. The zero-order chi connectivity index (χ0) is 24.6. The van der Waals surface area contributed by atoms with E-state index >= 15 is 0 Å². The second-order valence-corrected chi connectivity index (χ2v) is 9.60. The Bertz CT molecular complexity index is 1280. The smallest absolute Gasteiger partial charge is 0.415 e. The number of nitrogens with one attached hydrogen (secondary N) is 2. The molecule has 35 heavy (non-hydrogen) atoms. The Morgan fingerprint density at radius 3 is 2.83 bits per heavy atom. The minimum Gasteiger partial charge on any atom is -0.457 e. The number of cyclic esters (lactones) is 1. The summed E-state index contributed by atoms with van der Waals surface area (Å²) >= 11 is 6.15. The van der Waals surface area contributed by atoms with E-state index in [9.17, 15) is 9.59 Å². The maximum absolute atomic E-state index is 12.1. The molecule has 1 fully saturated rings. The third-order valence-electron chi connectivity index (χ3n) is 6.40. The predicted molar refractivity (Wildman–Crippen MR) is 134 cm³/mol. The molecule has 2 amide bonds. The first-order chi connectivity index (χ1) is 16.8. The van der Waals surface area contributed by atoms with Crippen molar-refractivity contribution in [1.29, 1.82) is 0 Å². The van der Waals surface area contributed by atoms with Gasteiger partial charge >= 0.3 is 6.09 Å². The molecule has 2 aliphatic heterocycles. The number of rotatable bonds is 7. The molecule has 8 heteroatoms. The van der Waals surface area contributed by atoms with Gasteiger partial charge in [0.15, 0.2) is 5.60 Å². The van der Waals surface area contributed by atoms with E-state index in [0.29, 0.717) is 10.8 Å². The average Bonchev–Trinajstić information content (AvgIpc) is 3.34. The van der Waals surface area contributed by atoms with Crippen molar-refractivity contribution in [2.24, 2.45) is 11.0 Å². The normalized spacial score (nSPS) is 24.8. The van der Waals surface area contributed by atoms with Crippen molar-refractivity contribution in [3.63, 3.8) is 0 Å². The molecular formula is C27H26ClN3O4. The van der Waals surface area contributed by atoms with Crippen molar-refractivity contribution < 1.29 is 19.1 Å². The summed E-state index contributed by atoms with van der Waals surface area (Å²) in [5.41, 5.74) is 5.89. The average molecular weight is 492 g/mol. The lowest BCUT2D eigenvalue weighted by molar-refractivity contribution is -0.129. The number of nitrogens with zero attached hydrogens (tertiary/aromatic N) is 1. The van der Waals surface area contributed by atoms with Crippen molar-refractivity contribution in [3.05, 3.63) is 82.4 Å². The van der Waals surface area contributed by atoms with E-state index in [1.807, 2.05) is 48.6 Å². The van der Waals surface area contributed by atoms with Crippen LogP contribution in [0.3, 0.4) is 0 Å². The largest absolute Gasteiger partial charge is 0.457 e. The summed E-state index contributed by atoms with van der Waals surface area (Å²) in [5, 5.41) is 7.49. The predicted octanol–water partition coefficient (Wildman–Crippen LogP) is 4.98. The first-order valence-corrected chi connectivity index (χ1v) is 12.1. The first-order valence-electron chi connectivity index (χ1n) is 11.7. The van der Waals surface area contributed by atoms with Gasteiger partial charge in [0.05, 0.1) is 11.8 Å². The van der Waals surface area contributed by atoms with Gasteiger partial charge in [-0.2, -0.15) is 5.10 Å². The van der Waals surface area contributed by atoms with Crippen LogP contribution in [0.25, 0.3) is 0 Å². The zero-order valence-electron chi connectivity index (χ0n) is 19.5. The maximum Gasteiger partial charge on any atom is 0.415 e. The molecule has 3 atom stereocenters. The van der Waals surface area contributed by atoms with E-state index in [4.69, 9.17) is 21.1 Å². The van der Waals surface area contributed by atoms with Gasteiger partial charge in [-0.05, 0) is 72.5 Å². The molecule has 3 aliphatic rings. The first kappa shape index (κ1) is 23.2. The quantitative estimate of drug-likeness (QED) is 0.570. The second kappa shape index (κ2) is 9.23. The van der Waals surface area contributed by atoms with E-state index in [0.717, 1.165) is 41.0 Å². The molecule has 0 spiro atoms. The lowest BCUT2D eigenvalue weighted by Crippen LogP contribution is -2.38. The van der Waals surface area contributed by atoms with Crippen molar-refractivity contribution >= 4 is 29.3 Å². The van der Waals surface area contributed by atoms with Crippen molar-refractivity contribution in [1.82, 2.24) is 10.7 Å². The zero-order valence-corrected chi connectivity index (χ0v) is 20.3. The van der Waals surface area contributed by atoms with Crippen molar-refractivity contribution in [2.45, 2.75) is 44.8 Å². The minimum absolute atomic E-state index is 0.0684. The van der Waals surface area contributed by atoms with Crippen LogP contribution in [-0.4, -0.2) is 29.4 Å². The molecule has 0 saturated carbocycles. The molecule has 0 aromatic heterocycles. The number of halogens is 1. The maximum atomic E-state index is 12.1. The van der Waals surface area contributed by atoms with Gasteiger partial charge in [0.2, 0.25) is 0 Å². The number of ether oxygens (including phenoxy) is 2. The van der Waals surface area contributed by atoms with Gasteiger partial charge in [-0.25, -0.2) is 4.79 Å². The molecule has 1 aliphatic carbocycles. The van der Waals surface area contributed by atoms with Crippen LogP contribution in [0.2, 0.25) is 0 Å². The fourth-order valence-corrected chi connectivity index (χ4v) is 4.87. The summed E-state index contributed by atoms with van der Waals surface area (Å²) in [7, 11) is 0. The summed E-state index contributed by atoms with van der Waals surface area (Å²) in [5.74, 6) is 1.12.